The first-order valence-corrected chi connectivity index (χ1v) is 5.44. The monoisotopic (exact) mass is 238 g/mol. The number of pyridine rings is 1. The Hall–Kier alpha value is -1.46. The topological polar surface area (TPSA) is 51.7 Å². The molecule has 0 fully saturated rings. The number of methoxy groups -OCH3 is 2. The van der Waals surface area contributed by atoms with Gasteiger partial charge in [-0.25, -0.2) is 0 Å². The van der Waals surface area contributed by atoms with E-state index >= 15 is 0 Å². The van der Waals surface area contributed by atoms with Crippen LogP contribution in [0.1, 0.15) is 5.69 Å². The Morgan fingerprint density at radius 1 is 1.41 bits per heavy atom. The van der Waals surface area contributed by atoms with Crippen LogP contribution < -0.4 is 0 Å². The minimum Gasteiger partial charge on any atom is -0.468 e. The molecule has 0 aliphatic rings. The summed E-state index contributed by atoms with van der Waals surface area (Å²) < 4.78 is 9.67. The van der Waals surface area contributed by atoms with E-state index in [4.69, 9.17) is 4.74 Å². The second-order valence-corrected chi connectivity index (χ2v) is 3.60. The highest BCUT2D eigenvalue weighted by Crippen LogP contribution is 2.01. The maximum absolute atomic E-state index is 11.3. The summed E-state index contributed by atoms with van der Waals surface area (Å²) in [5.74, 6) is -0.253. The Bertz CT molecular complexity index is 330. The standard InChI is InChI=1S/C12H18N2O3/c1-16-8-7-14(10-12(15)17-2)9-11-5-3-4-6-13-11/h3-6H,7-10H2,1-2H3. The zero-order valence-corrected chi connectivity index (χ0v) is 10.3. The summed E-state index contributed by atoms with van der Waals surface area (Å²) in [4.78, 5) is 17.4. The lowest BCUT2D eigenvalue weighted by molar-refractivity contribution is -0.142. The molecule has 0 saturated carbocycles. The van der Waals surface area contributed by atoms with Gasteiger partial charge < -0.3 is 9.47 Å². The van der Waals surface area contributed by atoms with Crippen LogP contribution in [0.15, 0.2) is 24.4 Å². The third-order valence-corrected chi connectivity index (χ3v) is 2.30. The van der Waals surface area contributed by atoms with E-state index in [2.05, 4.69) is 9.72 Å². The van der Waals surface area contributed by atoms with Gasteiger partial charge >= 0.3 is 5.97 Å². The Kier molecular flexibility index (Phi) is 6.21. The molecule has 0 aliphatic heterocycles. The lowest BCUT2D eigenvalue weighted by Crippen LogP contribution is -2.33. The Balaban J connectivity index is 2.53. The van der Waals surface area contributed by atoms with Gasteiger partial charge in [-0.15, -0.1) is 0 Å². The van der Waals surface area contributed by atoms with E-state index in [-0.39, 0.29) is 12.5 Å². The number of rotatable bonds is 7. The largest absolute Gasteiger partial charge is 0.468 e. The average molecular weight is 238 g/mol. The number of hydrogen-bond acceptors (Lipinski definition) is 5. The minimum absolute atomic E-state index is 0.246. The molecule has 0 atom stereocenters. The van der Waals surface area contributed by atoms with Crippen LogP contribution in [0.2, 0.25) is 0 Å². The summed E-state index contributed by atoms with van der Waals surface area (Å²) in [7, 11) is 3.02. The van der Waals surface area contributed by atoms with Crippen molar-refractivity contribution in [2.75, 3.05) is 33.9 Å². The lowest BCUT2D eigenvalue weighted by Gasteiger charge is -2.19. The van der Waals surface area contributed by atoms with Crippen LogP contribution in [0, 0.1) is 0 Å². The first-order valence-electron chi connectivity index (χ1n) is 5.44. The smallest absolute Gasteiger partial charge is 0.319 e. The summed E-state index contributed by atoms with van der Waals surface area (Å²) >= 11 is 0. The van der Waals surface area contributed by atoms with Crippen LogP contribution in [0.3, 0.4) is 0 Å². The molecule has 0 saturated heterocycles. The maximum atomic E-state index is 11.3. The number of ether oxygens (including phenoxy) is 2. The minimum atomic E-state index is -0.253. The van der Waals surface area contributed by atoms with Crippen molar-refractivity contribution in [3.05, 3.63) is 30.1 Å². The number of carbonyl (C=O) groups is 1. The summed E-state index contributed by atoms with van der Waals surface area (Å²) in [5.41, 5.74) is 0.924. The van der Waals surface area contributed by atoms with Gasteiger partial charge in [-0.3, -0.25) is 14.7 Å². The third kappa shape index (κ3) is 5.42. The van der Waals surface area contributed by atoms with Gasteiger partial charge in [0.25, 0.3) is 0 Å². The van der Waals surface area contributed by atoms with E-state index in [0.29, 0.717) is 19.7 Å². The molecule has 0 spiro atoms. The van der Waals surface area contributed by atoms with E-state index < -0.39 is 0 Å². The van der Waals surface area contributed by atoms with Crippen molar-refractivity contribution < 1.29 is 14.3 Å². The van der Waals surface area contributed by atoms with E-state index in [0.717, 1.165) is 5.69 Å². The molecule has 17 heavy (non-hydrogen) atoms. The molecule has 5 heteroatoms. The second-order valence-electron chi connectivity index (χ2n) is 3.60. The molecular weight excluding hydrogens is 220 g/mol. The van der Waals surface area contributed by atoms with Gasteiger partial charge in [0.1, 0.15) is 0 Å². The molecule has 0 bridgehead atoms. The lowest BCUT2D eigenvalue weighted by atomic mass is 10.3. The molecule has 0 aromatic carbocycles. The molecule has 0 radical (unpaired) electrons. The fourth-order valence-electron chi connectivity index (χ4n) is 1.40. The van der Waals surface area contributed by atoms with Gasteiger partial charge in [-0.2, -0.15) is 0 Å². The van der Waals surface area contributed by atoms with Crippen LogP contribution >= 0.6 is 0 Å². The van der Waals surface area contributed by atoms with Gasteiger partial charge in [0.2, 0.25) is 0 Å². The number of nitrogens with zero attached hydrogens (tertiary/aromatic N) is 2. The predicted octanol–water partition coefficient (Wildman–Crippen LogP) is 0.703. The Morgan fingerprint density at radius 2 is 2.24 bits per heavy atom. The highest BCUT2D eigenvalue weighted by molar-refractivity contribution is 5.71. The van der Waals surface area contributed by atoms with Crippen molar-refractivity contribution in [1.29, 1.82) is 0 Å². The summed E-state index contributed by atoms with van der Waals surface area (Å²) in [5, 5.41) is 0. The molecule has 1 heterocycles. The molecule has 1 aromatic rings. The average Bonchev–Trinajstić information content (AvgIpc) is 2.37. The van der Waals surface area contributed by atoms with Crippen molar-refractivity contribution in [1.82, 2.24) is 9.88 Å². The summed E-state index contributed by atoms with van der Waals surface area (Å²) in [6.07, 6.45) is 1.74. The fourth-order valence-corrected chi connectivity index (χ4v) is 1.40. The zero-order chi connectivity index (χ0) is 12.5. The Morgan fingerprint density at radius 3 is 2.82 bits per heavy atom. The highest BCUT2D eigenvalue weighted by atomic mass is 16.5. The second kappa shape index (κ2) is 7.76. The molecule has 0 amide bonds. The van der Waals surface area contributed by atoms with Crippen molar-refractivity contribution in [2.45, 2.75) is 6.54 Å². The first kappa shape index (κ1) is 13.6. The molecule has 94 valence electrons. The summed E-state index contributed by atoms with van der Waals surface area (Å²) in [6.45, 7) is 2.10. The van der Waals surface area contributed by atoms with E-state index in [1.165, 1.54) is 7.11 Å². The molecule has 1 aromatic heterocycles. The zero-order valence-electron chi connectivity index (χ0n) is 10.3. The SMILES string of the molecule is COCCN(CC(=O)OC)Cc1ccccn1. The first-order chi connectivity index (χ1) is 8.26. The quantitative estimate of drug-likeness (QED) is 0.655. The Labute approximate surface area is 101 Å². The number of esters is 1. The van der Waals surface area contributed by atoms with E-state index in [1.54, 1.807) is 13.3 Å². The van der Waals surface area contributed by atoms with Gasteiger partial charge in [-0.1, -0.05) is 6.07 Å². The van der Waals surface area contributed by atoms with Crippen LogP contribution in [-0.2, 0) is 20.8 Å². The molecule has 0 unspecified atom stereocenters. The predicted molar refractivity (Wildman–Crippen MR) is 63.4 cm³/mol. The van der Waals surface area contributed by atoms with Crippen molar-refractivity contribution in [2.24, 2.45) is 0 Å². The normalized spacial score (nSPS) is 10.5. The van der Waals surface area contributed by atoms with Crippen molar-refractivity contribution in [3.8, 4) is 0 Å². The number of carbonyl (C=O) groups excluding carboxylic acids is 1. The van der Waals surface area contributed by atoms with Crippen molar-refractivity contribution in [3.63, 3.8) is 0 Å². The van der Waals surface area contributed by atoms with Crippen LogP contribution in [0.5, 0.6) is 0 Å². The molecular formula is C12H18N2O3. The summed E-state index contributed by atoms with van der Waals surface area (Å²) in [6, 6.07) is 5.72. The fraction of sp³-hybridized carbons (Fsp3) is 0.500. The van der Waals surface area contributed by atoms with Gasteiger partial charge in [0.15, 0.2) is 0 Å². The van der Waals surface area contributed by atoms with Gasteiger partial charge in [0.05, 0.1) is 26.0 Å². The molecule has 5 nitrogen and oxygen atoms in total. The number of hydrogen-bond donors (Lipinski definition) is 0. The third-order valence-electron chi connectivity index (χ3n) is 2.30. The van der Waals surface area contributed by atoms with Crippen LogP contribution in [-0.4, -0.2) is 49.8 Å². The van der Waals surface area contributed by atoms with E-state index in [1.807, 2.05) is 23.1 Å². The molecule has 0 aliphatic carbocycles. The van der Waals surface area contributed by atoms with Crippen molar-refractivity contribution >= 4 is 5.97 Å². The highest BCUT2D eigenvalue weighted by Gasteiger charge is 2.11. The van der Waals surface area contributed by atoms with Gasteiger partial charge in [0, 0.05) is 26.4 Å². The number of aromatic nitrogens is 1. The van der Waals surface area contributed by atoms with Crippen LogP contribution in [0.25, 0.3) is 0 Å². The molecule has 0 N–H and O–H groups in total. The van der Waals surface area contributed by atoms with E-state index in [9.17, 15) is 4.79 Å². The maximum Gasteiger partial charge on any atom is 0.319 e. The molecule has 1 rings (SSSR count). The van der Waals surface area contributed by atoms with Gasteiger partial charge in [-0.05, 0) is 12.1 Å². The van der Waals surface area contributed by atoms with Crippen LogP contribution in [0.4, 0.5) is 0 Å².